The van der Waals surface area contributed by atoms with E-state index in [1.54, 1.807) is 6.20 Å². The Bertz CT molecular complexity index is 599. The van der Waals surface area contributed by atoms with Crippen molar-refractivity contribution in [2.45, 2.75) is 60.8 Å². The average molecular weight is 334 g/mol. The molecule has 1 aromatic heterocycles. The molecule has 0 saturated heterocycles. The number of aromatic nitrogens is 1. The molecule has 2 aliphatic rings. The fourth-order valence-corrected chi connectivity index (χ4v) is 4.34. The van der Waals surface area contributed by atoms with Gasteiger partial charge >= 0.3 is 0 Å². The molecule has 1 amide bonds. The van der Waals surface area contributed by atoms with Crippen LogP contribution in [0.25, 0.3) is 0 Å². The number of pyridine rings is 1. The van der Waals surface area contributed by atoms with Gasteiger partial charge in [0.25, 0.3) is 0 Å². The van der Waals surface area contributed by atoms with Crippen LogP contribution in [0.1, 0.15) is 44.1 Å². The monoisotopic (exact) mass is 334 g/mol. The second kappa shape index (κ2) is 7.01. The predicted octanol–water partition coefficient (Wildman–Crippen LogP) is 1.87. The maximum absolute atomic E-state index is 12.2. The lowest BCUT2D eigenvalue weighted by Crippen LogP contribution is -2.45. The molecule has 1 fully saturated rings. The van der Waals surface area contributed by atoms with E-state index in [1.165, 1.54) is 11.8 Å². The van der Waals surface area contributed by atoms with Crippen LogP contribution >= 0.6 is 11.8 Å². The maximum atomic E-state index is 12.2. The Kier molecular flexibility index (Phi) is 5.02. The summed E-state index contributed by atoms with van der Waals surface area (Å²) < 4.78 is 0. The zero-order valence-electron chi connectivity index (χ0n) is 13.1. The highest BCUT2D eigenvalue weighted by Crippen LogP contribution is 2.33. The zero-order valence-corrected chi connectivity index (χ0v) is 13.9. The fraction of sp³-hybridized carbons (Fsp3) is 0.588. The number of carbonyl (C=O) groups excluding carboxylic acids is 2. The minimum Gasteiger partial charge on any atom is -0.388 e. The van der Waals surface area contributed by atoms with Crippen LogP contribution < -0.4 is 5.32 Å². The Morgan fingerprint density at radius 3 is 2.96 bits per heavy atom. The predicted molar refractivity (Wildman–Crippen MR) is 88.3 cm³/mol. The van der Waals surface area contributed by atoms with Crippen molar-refractivity contribution in [1.29, 1.82) is 0 Å². The van der Waals surface area contributed by atoms with Crippen LogP contribution in [0.3, 0.4) is 0 Å². The van der Waals surface area contributed by atoms with Crippen molar-refractivity contribution in [2.75, 3.05) is 6.54 Å². The number of thioether (sulfide) groups is 1. The van der Waals surface area contributed by atoms with Gasteiger partial charge in [0.2, 0.25) is 5.91 Å². The van der Waals surface area contributed by atoms with Crippen molar-refractivity contribution < 1.29 is 14.7 Å². The van der Waals surface area contributed by atoms with E-state index in [0.29, 0.717) is 6.42 Å². The SMILES string of the molecule is O=C(CC1Sc2ncccc2CC1=O)NCC1(O)CCCCC1. The van der Waals surface area contributed by atoms with Gasteiger partial charge in [-0.1, -0.05) is 37.1 Å². The van der Waals surface area contributed by atoms with Gasteiger partial charge in [-0.3, -0.25) is 9.59 Å². The smallest absolute Gasteiger partial charge is 0.221 e. The molecule has 1 aliphatic heterocycles. The van der Waals surface area contributed by atoms with Gasteiger partial charge in [-0.15, -0.1) is 0 Å². The summed E-state index contributed by atoms with van der Waals surface area (Å²) >= 11 is 1.37. The number of hydrogen-bond donors (Lipinski definition) is 2. The first-order chi connectivity index (χ1) is 11.1. The summed E-state index contributed by atoms with van der Waals surface area (Å²) in [6, 6.07) is 3.73. The van der Waals surface area contributed by atoms with Crippen molar-refractivity contribution in [3.8, 4) is 0 Å². The summed E-state index contributed by atoms with van der Waals surface area (Å²) in [4.78, 5) is 28.6. The molecule has 0 bridgehead atoms. The Hall–Kier alpha value is -1.40. The van der Waals surface area contributed by atoms with Crippen molar-refractivity contribution >= 4 is 23.5 Å². The van der Waals surface area contributed by atoms with E-state index >= 15 is 0 Å². The van der Waals surface area contributed by atoms with Crippen LogP contribution in [0.4, 0.5) is 0 Å². The van der Waals surface area contributed by atoms with Crippen molar-refractivity contribution in [1.82, 2.24) is 10.3 Å². The van der Waals surface area contributed by atoms with Crippen molar-refractivity contribution in [2.24, 2.45) is 0 Å². The largest absolute Gasteiger partial charge is 0.388 e. The Morgan fingerprint density at radius 1 is 1.39 bits per heavy atom. The van der Waals surface area contributed by atoms with E-state index in [2.05, 4.69) is 10.3 Å². The lowest BCUT2D eigenvalue weighted by molar-refractivity contribution is -0.125. The van der Waals surface area contributed by atoms with E-state index in [-0.39, 0.29) is 29.9 Å². The molecule has 5 nitrogen and oxygen atoms in total. The van der Waals surface area contributed by atoms with Gasteiger partial charge in [0, 0.05) is 25.6 Å². The summed E-state index contributed by atoms with van der Waals surface area (Å²) in [7, 11) is 0. The van der Waals surface area contributed by atoms with Gasteiger partial charge in [0.05, 0.1) is 10.9 Å². The molecule has 1 saturated carbocycles. The lowest BCUT2D eigenvalue weighted by atomic mass is 9.85. The van der Waals surface area contributed by atoms with E-state index in [1.807, 2.05) is 12.1 Å². The zero-order chi connectivity index (χ0) is 16.3. The van der Waals surface area contributed by atoms with Crippen LogP contribution in [0.15, 0.2) is 23.4 Å². The fourth-order valence-electron chi connectivity index (χ4n) is 3.21. The molecular weight excluding hydrogens is 312 g/mol. The summed E-state index contributed by atoms with van der Waals surface area (Å²) in [6.07, 6.45) is 6.84. The van der Waals surface area contributed by atoms with Crippen LogP contribution in [0.2, 0.25) is 0 Å². The number of fused-ring (bicyclic) bond motifs is 1. The maximum Gasteiger partial charge on any atom is 0.221 e. The second-order valence-corrected chi connectivity index (χ2v) is 7.67. The highest BCUT2D eigenvalue weighted by molar-refractivity contribution is 8.00. The molecular formula is C17H22N2O3S. The lowest BCUT2D eigenvalue weighted by Gasteiger charge is -2.32. The Balaban J connectivity index is 1.53. The molecule has 6 heteroatoms. The second-order valence-electron chi connectivity index (χ2n) is 6.48. The van der Waals surface area contributed by atoms with Crippen molar-refractivity contribution in [3.05, 3.63) is 23.9 Å². The summed E-state index contributed by atoms with van der Waals surface area (Å²) in [6.45, 7) is 0.284. The number of hydrogen-bond acceptors (Lipinski definition) is 5. The molecule has 1 aliphatic carbocycles. The van der Waals surface area contributed by atoms with E-state index in [9.17, 15) is 14.7 Å². The molecule has 1 unspecified atom stereocenters. The van der Waals surface area contributed by atoms with E-state index in [0.717, 1.165) is 42.7 Å². The highest BCUT2D eigenvalue weighted by Gasteiger charge is 2.32. The van der Waals surface area contributed by atoms with Gasteiger partial charge in [0.1, 0.15) is 5.03 Å². The Morgan fingerprint density at radius 2 is 2.17 bits per heavy atom. The number of nitrogens with zero attached hydrogens (tertiary/aromatic N) is 1. The highest BCUT2D eigenvalue weighted by atomic mass is 32.2. The van der Waals surface area contributed by atoms with Gasteiger partial charge < -0.3 is 10.4 Å². The first-order valence-electron chi connectivity index (χ1n) is 8.18. The molecule has 23 heavy (non-hydrogen) atoms. The van der Waals surface area contributed by atoms with Gasteiger partial charge in [-0.2, -0.15) is 0 Å². The van der Waals surface area contributed by atoms with Crippen LogP contribution in [-0.4, -0.2) is 39.2 Å². The number of aliphatic hydroxyl groups is 1. The molecule has 2 heterocycles. The van der Waals surface area contributed by atoms with Crippen LogP contribution in [0.5, 0.6) is 0 Å². The summed E-state index contributed by atoms with van der Waals surface area (Å²) in [5, 5.41) is 13.7. The molecule has 3 rings (SSSR count). The molecule has 0 spiro atoms. The number of nitrogens with one attached hydrogen (secondary N) is 1. The van der Waals surface area contributed by atoms with Crippen LogP contribution in [-0.2, 0) is 16.0 Å². The Labute approximate surface area is 140 Å². The number of Topliss-reactive ketones (excluding diaryl/α,β-unsaturated/α-hetero) is 1. The van der Waals surface area contributed by atoms with E-state index < -0.39 is 5.60 Å². The van der Waals surface area contributed by atoms with Gasteiger partial charge in [-0.25, -0.2) is 4.98 Å². The number of amides is 1. The molecule has 0 aromatic carbocycles. The molecule has 0 radical (unpaired) electrons. The van der Waals surface area contributed by atoms with Crippen LogP contribution in [0, 0.1) is 0 Å². The number of ketones is 1. The minimum absolute atomic E-state index is 0.0713. The minimum atomic E-state index is -0.772. The topological polar surface area (TPSA) is 79.3 Å². The molecule has 1 atom stereocenters. The van der Waals surface area contributed by atoms with Gasteiger partial charge in [-0.05, 0) is 24.5 Å². The first-order valence-corrected chi connectivity index (χ1v) is 9.06. The summed E-state index contributed by atoms with van der Waals surface area (Å²) in [5.74, 6) is -0.101. The van der Waals surface area contributed by atoms with Crippen molar-refractivity contribution in [3.63, 3.8) is 0 Å². The summed E-state index contributed by atoms with van der Waals surface area (Å²) in [5.41, 5.74) is 0.168. The molecule has 124 valence electrons. The van der Waals surface area contributed by atoms with Gasteiger partial charge in [0.15, 0.2) is 5.78 Å². The van der Waals surface area contributed by atoms with E-state index in [4.69, 9.17) is 0 Å². The quantitative estimate of drug-likeness (QED) is 0.879. The standard InChI is InChI=1S/C17H22N2O3S/c20-13-9-12-5-4-8-18-16(12)23-14(13)10-15(21)19-11-17(22)6-2-1-3-7-17/h4-5,8,14,22H,1-3,6-7,9-11H2,(H,19,21). The molecule has 2 N–H and O–H groups in total. The third-order valence-electron chi connectivity index (χ3n) is 4.60. The third kappa shape index (κ3) is 4.12. The first kappa shape index (κ1) is 16.5. The number of rotatable bonds is 4. The molecule has 1 aromatic rings. The average Bonchev–Trinajstić information content (AvgIpc) is 2.54. The normalized spacial score (nSPS) is 23.2. The number of carbonyl (C=O) groups is 2. The third-order valence-corrected chi connectivity index (χ3v) is 5.90.